The van der Waals surface area contributed by atoms with Crippen LogP contribution in [0.1, 0.15) is 6.42 Å². The quantitative estimate of drug-likeness (QED) is 0.358. The van der Waals surface area contributed by atoms with E-state index in [0.717, 1.165) is 0 Å². The van der Waals surface area contributed by atoms with Gasteiger partial charge in [0.15, 0.2) is 6.10 Å². The topological polar surface area (TPSA) is 140 Å². The highest BCUT2D eigenvalue weighted by molar-refractivity contribution is 5.81. The zero-order valence-corrected chi connectivity index (χ0v) is 12.1. The van der Waals surface area contributed by atoms with Gasteiger partial charge in [0.25, 0.3) is 5.91 Å². The molecule has 0 radical (unpaired) electrons. The van der Waals surface area contributed by atoms with Gasteiger partial charge < -0.3 is 36.5 Å². The standard InChI is InChI=1S/C12H24FN3O5/c1-20-10-6(15)3-7(9(18)11(10)21-2)16-12(19)8(17)5(13)4-14/h5-11,17-18H,3-4,14-15H2,1-2H3,(H,16,19)/t5?,6-,7+,8?,9-,10+,11+/m0/s1. The average Bonchev–Trinajstić information content (AvgIpc) is 2.48. The summed E-state index contributed by atoms with van der Waals surface area (Å²) in [6, 6.07) is -1.26. The lowest BCUT2D eigenvalue weighted by Crippen LogP contribution is -2.65. The van der Waals surface area contributed by atoms with Gasteiger partial charge >= 0.3 is 0 Å². The smallest absolute Gasteiger partial charge is 0.252 e. The maximum absolute atomic E-state index is 13.2. The molecule has 8 nitrogen and oxygen atoms in total. The van der Waals surface area contributed by atoms with Crippen molar-refractivity contribution < 1.29 is 28.9 Å². The van der Waals surface area contributed by atoms with E-state index in [1.54, 1.807) is 0 Å². The second kappa shape index (κ2) is 7.97. The molecule has 1 saturated carbocycles. The average molecular weight is 309 g/mol. The number of halogens is 1. The molecule has 0 aromatic rings. The molecule has 1 fully saturated rings. The number of hydrogen-bond acceptors (Lipinski definition) is 7. The summed E-state index contributed by atoms with van der Waals surface area (Å²) in [5, 5.41) is 22.0. The molecule has 0 spiro atoms. The summed E-state index contributed by atoms with van der Waals surface area (Å²) in [5.41, 5.74) is 11.0. The fraction of sp³-hybridized carbons (Fsp3) is 0.917. The van der Waals surface area contributed by atoms with Crippen LogP contribution in [-0.2, 0) is 14.3 Å². The zero-order chi connectivity index (χ0) is 16.2. The van der Waals surface area contributed by atoms with Crippen LogP contribution in [0.3, 0.4) is 0 Å². The van der Waals surface area contributed by atoms with E-state index in [1.165, 1.54) is 14.2 Å². The summed E-state index contributed by atoms with van der Waals surface area (Å²) in [7, 11) is 2.83. The predicted molar refractivity (Wildman–Crippen MR) is 72.1 cm³/mol. The lowest BCUT2D eigenvalue weighted by atomic mass is 9.84. The molecule has 2 unspecified atom stereocenters. The van der Waals surface area contributed by atoms with Crippen molar-refractivity contribution in [2.75, 3.05) is 20.8 Å². The van der Waals surface area contributed by atoms with Gasteiger partial charge in [-0.2, -0.15) is 0 Å². The van der Waals surface area contributed by atoms with E-state index in [9.17, 15) is 19.4 Å². The largest absolute Gasteiger partial charge is 0.388 e. The molecule has 1 aliphatic carbocycles. The first-order chi connectivity index (χ1) is 9.87. The van der Waals surface area contributed by atoms with Crippen LogP contribution in [0.25, 0.3) is 0 Å². The second-order valence-corrected chi connectivity index (χ2v) is 5.10. The maximum Gasteiger partial charge on any atom is 0.252 e. The highest BCUT2D eigenvalue weighted by Gasteiger charge is 2.44. The van der Waals surface area contributed by atoms with E-state index in [-0.39, 0.29) is 6.42 Å². The lowest BCUT2D eigenvalue weighted by molar-refractivity contribution is -0.147. The van der Waals surface area contributed by atoms with Gasteiger partial charge in [-0.25, -0.2) is 4.39 Å². The lowest BCUT2D eigenvalue weighted by Gasteiger charge is -2.42. The molecule has 1 amide bonds. The van der Waals surface area contributed by atoms with Crippen molar-refractivity contribution >= 4 is 5.91 Å². The number of methoxy groups -OCH3 is 2. The van der Waals surface area contributed by atoms with E-state index < -0.39 is 55.1 Å². The van der Waals surface area contributed by atoms with E-state index in [1.807, 2.05) is 0 Å². The van der Waals surface area contributed by atoms with E-state index in [0.29, 0.717) is 0 Å². The molecular weight excluding hydrogens is 285 g/mol. The molecule has 0 bridgehead atoms. The first-order valence-corrected chi connectivity index (χ1v) is 6.69. The van der Waals surface area contributed by atoms with E-state index in [2.05, 4.69) is 5.32 Å². The number of alkyl halides is 1. The predicted octanol–water partition coefficient (Wildman–Crippen LogP) is -2.75. The molecule has 1 aliphatic rings. The van der Waals surface area contributed by atoms with E-state index >= 15 is 0 Å². The number of ether oxygens (including phenoxy) is 2. The minimum absolute atomic E-state index is 0.206. The Morgan fingerprint density at radius 1 is 1.43 bits per heavy atom. The summed E-state index contributed by atoms with van der Waals surface area (Å²) in [6.07, 6.45) is -5.91. The van der Waals surface area contributed by atoms with Gasteiger partial charge in [0.2, 0.25) is 0 Å². The van der Waals surface area contributed by atoms with Gasteiger partial charge in [-0.1, -0.05) is 0 Å². The van der Waals surface area contributed by atoms with Crippen LogP contribution in [-0.4, -0.2) is 79.6 Å². The summed E-state index contributed by atoms with van der Waals surface area (Å²) in [6.45, 7) is -0.478. The minimum atomic E-state index is -1.89. The number of aliphatic hydroxyl groups excluding tert-OH is 2. The number of amides is 1. The Morgan fingerprint density at radius 2 is 2.00 bits per heavy atom. The normalized spacial score (nSPS) is 36.0. The Hall–Kier alpha value is -0.840. The number of hydrogen-bond donors (Lipinski definition) is 5. The summed E-state index contributed by atoms with van der Waals surface area (Å²) in [5.74, 6) is -0.949. The van der Waals surface area contributed by atoms with Gasteiger partial charge in [-0.05, 0) is 6.42 Å². The first kappa shape index (κ1) is 18.2. The van der Waals surface area contributed by atoms with Crippen LogP contribution in [0, 0.1) is 0 Å². The van der Waals surface area contributed by atoms with Crippen molar-refractivity contribution in [1.29, 1.82) is 0 Å². The fourth-order valence-electron chi connectivity index (χ4n) is 2.52. The molecule has 21 heavy (non-hydrogen) atoms. The second-order valence-electron chi connectivity index (χ2n) is 5.10. The molecule has 7 atom stereocenters. The third kappa shape index (κ3) is 4.09. The van der Waals surface area contributed by atoms with Crippen molar-refractivity contribution in [2.24, 2.45) is 11.5 Å². The Bertz CT molecular complexity index is 349. The number of carbonyl (C=O) groups excluding carboxylic acids is 1. The van der Waals surface area contributed by atoms with Gasteiger partial charge in [-0.15, -0.1) is 0 Å². The molecule has 0 heterocycles. The Balaban J connectivity index is 2.73. The van der Waals surface area contributed by atoms with Crippen LogP contribution in [0.15, 0.2) is 0 Å². The van der Waals surface area contributed by atoms with E-state index in [4.69, 9.17) is 20.9 Å². The summed E-state index contributed by atoms with van der Waals surface area (Å²) in [4.78, 5) is 11.7. The Kier molecular flexibility index (Phi) is 6.91. The van der Waals surface area contributed by atoms with Crippen LogP contribution < -0.4 is 16.8 Å². The first-order valence-electron chi connectivity index (χ1n) is 6.69. The molecule has 0 aliphatic heterocycles. The zero-order valence-electron chi connectivity index (χ0n) is 12.1. The SMILES string of the molecule is CO[C@@H]1[C@@H](O)[C@H](NC(=O)C(O)C(F)CN)C[C@H](N)[C@H]1OC. The molecule has 7 N–H and O–H groups in total. The molecule has 0 saturated heterocycles. The van der Waals surface area contributed by atoms with Crippen LogP contribution in [0.2, 0.25) is 0 Å². The minimum Gasteiger partial charge on any atom is -0.388 e. The summed E-state index contributed by atoms with van der Waals surface area (Å²) >= 11 is 0. The van der Waals surface area contributed by atoms with Crippen molar-refractivity contribution in [3.8, 4) is 0 Å². The molecular formula is C12H24FN3O5. The number of nitrogens with two attached hydrogens (primary N) is 2. The maximum atomic E-state index is 13.2. The molecule has 0 aromatic heterocycles. The van der Waals surface area contributed by atoms with Crippen molar-refractivity contribution in [2.45, 2.75) is 49.1 Å². The molecule has 9 heteroatoms. The third-order valence-corrected chi connectivity index (χ3v) is 3.73. The van der Waals surface area contributed by atoms with Gasteiger partial charge in [-0.3, -0.25) is 4.79 Å². The van der Waals surface area contributed by atoms with Crippen molar-refractivity contribution in [3.63, 3.8) is 0 Å². The summed E-state index contributed by atoms with van der Waals surface area (Å²) < 4.78 is 23.5. The van der Waals surface area contributed by atoms with Gasteiger partial charge in [0, 0.05) is 26.8 Å². The monoisotopic (exact) mass is 309 g/mol. The number of carbonyl (C=O) groups is 1. The molecule has 1 rings (SSSR count). The third-order valence-electron chi connectivity index (χ3n) is 3.73. The van der Waals surface area contributed by atoms with Crippen molar-refractivity contribution in [1.82, 2.24) is 5.32 Å². The Labute approximate surface area is 122 Å². The number of aliphatic hydroxyl groups is 2. The molecule has 0 aromatic carbocycles. The Morgan fingerprint density at radius 3 is 2.48 bits per heavy atom. The van der Waals surface area contributed by atoms with Gasteiger partial charge in [0.05, 0.1) is 6.04 Å². The fourth-order valence-corrected chi connectivity index (χ4v) is 2.52. The van der Waals surface area contributed by atoms with Crippen LogP contribution in [0.4, 0.5) is 4.39 Å². The highest BCUT2D eigenvalue weighted by atomic mass is 19.1. The number of rotatable bonds is 6. The molecule has 124 valence electrons. The highest BCUT2D eigenvalue weighted by Crippen LogP contribution is 2.24. The van der Waals surface area contributed by atoms with Gasteiger partial charge in [0.1, 0.15) is 24.5 Å². The van der Waals surface area contributed by atoms with Crippen LogP contribution in [0.5, 0.6) is 0 Å². The van der Waals surface area contributed by atoms with Crippen molar-refractivity contribution in [3.05, 3.63) is 0 Å². The number of nitrogens with one attached hydrogen (secondary N) is 1. The van der Waals surface area contributed by atoms with Crippen LogP contribution >= 0.6 is 0 Å².